The van der Waals surface area contributed by atoms with Crippen LogP contribution in [-0.2, 0) is 9.47 Å². The van der Waals surface area contributed by atoms with Crippen molar-refractivity contribution in [3.05, 3.63) is 27.7 Å². The van der Waals surface area contributed by atoms with Gasteiger partial charge in [0.25, 0.3) is 0 Å². The number of benzene rings is 1. The molecular weight excluding hydrogens is 290 g/mol. The first kappa shape index (κ1) is 13.5. The minimum atomic E-state index is -0.482. The summed E-state index contributed by atoms with van der Waals surface area (Å²) in [5.74, 6) is -0.962. The van der Waals surface area contributed by atoms with Gasteiger partial charge >= 0.3 is 11.9 Å². The van der Waals surface area contributed by atoms with Crippen LogP contribution in [0.25, 0.3) is 0 Å². The molecule has 6 heteroatoms. The van der Waals surface area contributed by atoms with E-state index in [4.69, 9.17) is 0 Å². The lowest BCUT2D eigenvalue weighted by atomic mass is 10.1. The van der Waals surface area contributed by atoms with Crippen LogP contribution in [0.15, 0.2) is 16.6 Å². The highest BCUT2D eigenvalue weighted by molar-refractivity contribution is 9.10. The van der Waals surface area contributed by atoms with Crippen molar-refractivity contribution in [1.29, 1.82) is 0 Å². The Morgan fingerprint density at radius 1 is 1.12 bits per heavy atom. The average molecular weight is 302 g/mol. The van der Waals surface area contributed by atoms with Gasteiger partial charge in [-0.25, -0.2) is 9.59 Å². The molecule has 0 aliphatic rings. The lowest BCUT2D eigenvalue weighted by molar-refractivity contribution is 0.0586. The molecule has 0 amide bonds. The zero-order valence-electron chi connectivity index (χ0n) is 9.67. The van der Waals surface area contributed by atoms with Gasteiger partial charge in [-0.3, -0.25) is 0 Å². The Kier molecular flexibility index (Phi) is 4.51. The second-order valence-corrected chi connectivity index (χ2v) is 3.97. The minimum absolute atomic E-state index is 0.338. The molecule has 0 saturated heterocycles. The summed E-state index contributed by atoms with van der Waals surface area (Å²) >= 11 is 3.21. The first-order chi connectivity index (χ1) is 8.04. The lowest BCUT2D eigenvalue weighted by Gasteiger charge is -2.11. The molecule has 0 heterocycles. The van der Waals surface area contributed by atoms with Gasteiger partial charge in [0.05, 0.1) is 25.3 Å². The fraction of sp³-hybridized carbons (Fsp3) is 0.273. The van der Waals surface area contributed by atoms with Crippen LogP contribution in [-0.4, -0.2) is 33.2 Å². The van der Waals surface area contributed by atoms with E-state index in [2.05, 4.69) is 30.7 Å². The predicted molar refractivity (Wildman–Crippen MR) is 66.4 cm³/mol. The van der Waals surface area contributed by atoms with E-state index in [-0.39, 0.29) is 0 Å². The largest absolute Gasteiger partial charge is 0.465 e. The van der Waals surface area contributed by atoms with Crippen molar-refractivity contribution in [3.63, 3.8) is 0 Å². The standard InChI is InChI=1S/C11H12BrNO4/c1-13-9-5-6(10(14)16-2)8(12)4-7(9)11(15)17-3/h4-5,13H,1-3H3. The normalized spacial score (nSPS) is 9.65. The number of nitrogens with one attached hydrogen (secondary N) is 1. The number of esters is 2. The maximum Gasteiger partial charge on any atom is 0.340 e. The smallest absolute Gasteiger partial charge is 0.340 e. The number of anilines is 1. The number of hydrogen-bond donors (Lipinski definition) is 1. The molecule has 0 bridgehead atoms. The highest BCUT2D eigenvalue weighted by atomic mass is 79.9. The Labute approximate surface area is 107 Å². The lowest BCUT2D eigenvalue weighted by Crippen LogP contribution is -2.09. The summed E-state index contributed by atoms with van der Waals surface area (Å²) in [5.41, 5.74) is 1.18. The molecule has 0 aliphatic heterocycles. The molecule has 1 rings (SSSR count). The summed E-state index contributed by atoms with van der Waals surface area (Å²) < 4.78 is 9.75. The average Bonchev–Trinajstić information content (AvgIpc) is 2.36. The van der Waals surface area contributed by atoms with Crippen LogP contribution in [0, 0.1) is 0 Å². The molecule has 0 aromatic heterocycles. The molecule has 0 aliphatic carbocycles. The molecule has 0 spiro atoms. The number of carbonyl (C=O) groups is 2. The van der Waals surface area contributed by atoms with E-state index in [1.165, 1.54) is 26.4 Å². The predicted octanol–water partition coefficient (Wildman–Crippen LogP) is 2.06. The van der Waals surface area contributed by atoms with Crippen LogP contribution in [0.3, 0.4) is 0 Å². The van der Waals surface area contributed by atoms with E-state index in [0.717, 1.165) is 0 Å². The zero-order valence-corrected chi connectivity index (χ0v) is 11.3. The molecule has 17 heavy (non-hydrogen) atoms. The van der Waals surface area contributed by atoms with Gasteiger partial charge in [0.15, 0.2) is 0 Å². The monoisotopic (exact) mass is 301 g/mol. The van der Waals surface area contributed by atoms with Crippen molar-refractivity contribution < 1.29 is 19.1 Å². The quantitative estimate of drug-likeness (QED) is 0.866. The minimum Gasteiger partial charge on any atom is -0.465 e. The number of rotatable bonds is 3. The summed E-state index contributed by atoms with van der Waals surface area (Å²) in [6, 6.07) is 3.05. The highest BCUT2D eigenvalue weighted by Gasteiger charge is 2.18. The first-order valence-electron chi connectivity index (χ1n) is 4.73. The van der Waals surface area contributed by atoms with E-state index in [9.17, 15) is 9.59 Å². The molecule has 0 fully saturated rings. The van der Waals surface area contributed by atoms with Gasteiger partial charge < -0.3 is 14.8 Å². The van der Waals surface area contributed by atoms with Gasteiger partial charge in [0.1, 0.15) is 0 Å². The highest BCUT2D eigenvalue weighted by Crippen LogP contribution is 2.26. The third kappa shape index (κ3) is 2.76. The second-order valence-electron chi connectivity index (χ2n) is 3.11. The first-order valence-corrected chi connectivity index (χ1v) is 5.52. The van der Waals surface area contributed by atoms with Gasteiger partial charge in [0, 0.05) is 17.2 Å². The molecule has 0 radical (unpaired) electrons. The number of methoxy groups -OCH3 is 2. The van der Waals surface area contributed by atoms with Crippen molar-refractivity contribution in [2.24, 2.45) is 0 Å². The molecule has 5 nitrogen and oxygen atoms in total. The molecule has 92 valence electrons. The maximum absolute atomic E-state index is 11.5. The fourth-order valence-electron chi connectivity index (χ4n) is 1.33. The van der Waals surface area contributed by atoms with E-state index in [1.807, 2.05) is 0 Å². The number of carbonyl (C=O) groups excluding carboxylic acids is 2. The Bertz CT molecular complexity index is 459. The fourth-order valence-corrected chi connectivity index (χ4v) is 1.83. The summed E-state index contributed by atoms with van der Waals surface area (Å²) in [7, 11) is 4.24. The van der Waals surface area contributed by atoms with Crippen molar-refractivity contribution in [1.82, 2.24) is 0 Å². The van der Waals surface area contributed by atoms with E-state index < -0.39 is 11.9 Å². The van der Waals surface area contributed by atoms with Gasteiger partial charge in [-0.2, -0.15) is 0 Å². The van der Waals surface area contributed by atoms with E-state index in [1.54, 1.807) is 7.05 Å². The zero-order chi connectivity index (χ0) is 13.0. The summed E-state index contributed by atoms with van der Waals surface area (Å²) in [6.07, 6.45) is 0. The topological polar surface area (TPSA) is 64.6 Å². The summed E-state index contributed by atoms with van der Waals surface area (Å²) in [4.78, 5) is 23.0. The number of hydrogen-bond acceptors (Lipinski definition) is 5. The number of ether oxygens (including phenoxy) is 2. The van der Waals surface area contributed by atoms with Crippen LogP contribution in [0.5, 0.6) is 0 Å². The van der Waals surface area contributed by atoms with Crippen LogP contribution < -0.4 is 5.32 Å². The Balaban J connectivity index is 3.34. The van der Waals surface area contributed by atoms with Gasteiger partial charge in [-0.1, -0.05) is 0 Å². The molecule has 0 atom stereocenters. The van der Waals surface area contributed by atoms with Crippen LogP contribution in [0.2, 0.25) is 0 Å². The molecule has 0 saturated carbocycles. The summed E-state index contributed by atoms with van der Waals surface area (Å²) in [5, 5.41) is 2.83. The molecular formula is C11H12BrNO4. The molecule has 1 N–H and O–H groups in total. The van der Waals surface area contributed by atoms with Crippen molar-refractivity contribution >= 4 is 33.6 Å². The third-order valence-corrected chi connectivity index (χ3v) is 2.84. The third-order valence-electron chi connectivity index (χ3n) is 2.19. The van der Waals surface area contributed by atoms with Crippen molar-refractivity contribution in [2.75, 3.05) is 26.6 Å². The summed E-state index contributed by atoms with van der Waals surface area (Å²) in [6.45, 7) is 0. The maximum atomic E-state index is 11.5. The van der Waals surface area contributed by atoms with Crippen LogP contribution in [0.4, 0.5) is 5.69 Å². The van der Waals surface area contributed by atoms with Crippen molar-refractivity contribution in [2.45, 2.75) is 0 Å². The van der Waals surface area contributed by atoms with E-state index in [0.29, 0.717) is 21.3 Å². The van der Waals surface area contributed by atoms with E-state index >= 15 is 0 Å². The van der Waals surface area contributed by atoms with Crippen LogP contribution >= 0.6 is 15.9 Å². The van der Waals surface area contributed by atoms with Crippen LogP contribution in [0.1, 0.15) is 20.7 Å². The second kappa shape index (κ2) is 5.67. The Morgan fingerprint density at radius 3 is 2.12 bits per heavy atom. The van der Waals surface area contributed by atoms with Crippen molar-refractivity contribution in [3.8, 4) is 0 Å². The molecule has 1 aromatic rings. The van der Waals surface area contributed by atoms with Gasteiger partial charge in [-0.15, -0.1) is 0 Å². The molecule has 0 unspecified atom stereocenters. The Hall–Kier alpha value is -1.56. The van der Waals surface area contributed by atoms with Gasteiger partial charge in [-0.05, 0) is 28.1 Å². The van der Waals surface area contributed by atoms with Gasteiger partial charge in [0.2, 0.25) is 0 Å². The SMILES string of the molecule is CNc1cc(C(=O)OC)c(Br)cc1C(=O)OC. The Morgan fingerprint density at radius 2 is 1.65 bits per heavy atom. The number of halogens is 1. The molecule has 1 aromatic carbocycles.